The lowest BCUT2D eigenvalue weighted by Gasteiger charge is -2.07. The van der Waals surface area contributed by atoms with Crippen molar-refractivity contribution >= 4 is 34.9 Å². The Balaban J connectivity index is 1.78. The number of non-ortho nitro benzene ring substituents is 1. The average Bonchev–Trinajstić information content (AvgIpc) is 2.96. The van der Waals surface area contributed by atoms with Crippen LogP contribution in [0.3, 0.4) is 0 Å². The molecule has 0 atom stereocenters. The van der Waals surface area contributed by atoms with Crippen LogP contribution in [0.15, 0.2) is 42.7 Å². The molecule has 0 amide bonds. The van der Waals surface area contributed by atoms with E-state index in [9.17, 15) is 14.9 Å². The Morgan fingerprint density at radius 1 is 1.19 bits per heavy atom. The Bertz CT molecular complexity index is 986. The van der Waals surface area contributed by atoms with Crippen molar-refractivity contribution in [1.29, 1.82) is 0 Å². The second-order valence-electron chi connectivity index (χ2n) is 5.21. The van der Waals surface area contributed by atoms with Crippen LogP contribution in [0, 0.1) is 17.0 Å². The fourth-order valence-electron chi connectivity index (χ4n) is 2.19. The number of carbonyl (C=O) groups is 1. The van der Waals surface area contributed by atoms with Gasteiger partial charge in [0.25, 0.3) is 5.69 Å². The van der Waals surface area contributed by atoms with Crippen LogP contribution in [0.5, 0.6) is 0 Å². The molecular formula is C15H13N7O4. The first-order valence-electron chi connectivity index (χ1n) is 7.33. The van der Waals surface area contributed by atoms with Crippen molar-refractivity contribution in [1.82, 2.24) is 19.7 Å². The van der Waals surface area contributed by atoms with E-state index in [1.807, 2.05) is 0 Å². The Morgan fingerprint density at radius 2 is 1.92 bits per heavy atom. The van der Waals surface area contributed by atoms with E-state index < -0.39 is 11.0 Å². The molecule has 0 bridgehead atoms. The minimum absolute atomic E-state index is 0.0491. The van der Waals surface area contributed by atoms with Gasteiger partial charge in [0, 0.05) is 29.6 Å². The van der Waals surface area contributed by atoms with Gasteiger partial charge in [0.05, 0.1) is 17.3 Å². The Hall–Kier alpha value is -4.02. The summed E-state index contributed by atoms with van der Waals surface area (Å²) in [5.41, 5.74) is 0.877. The number of hydrogen-bond donors (Lipinski definition) is 3. The lowest BCUT2D eigenvalue weighted by atomic mass is 10.3. The molecule has 132 valence electrons. The molecule has 0 aliphatic carbocycles. The second kappa shape index (κ2) is 6.84. The van der Waals surface area contributed by atoms with Gasteiger partial charge in [-0.2, -0.15) is 4.68 Å². The zero-order valence-corrected chi connectivity index (χ0v) is 13.4. The molecule has 0 radical (unpaired) electrons. The molecule has 3 N–H and O–H groups in total. The number of nitrogens with zero attached hydrogens (tertiary/aromatic N) is 5. The van der Waals surface area contributed by atoms with Gasteiger partial charge in [0.15, 0.2) is 17.5 Å². The molecule has 2 aromatic heterocycles. The van der Waals surface area contributed by atoms with Crippen LogP contribution < -0.4 is 10.6 Å². The molecule has 0 saturated heterocycles. The lowest BCUT2D eigenvalue weighted by molar-refractivity contribution is -0.384. The van der Waals surface area contributed by atoms with Gasteiger partial charge in [0.2, 0.25) is 0 Å². The Morgan fingerprint density at radius 3 is 2.58 bits per heavy atom. The summed E-state index contributed by atoms with van der Waals surface area (Å²) in [6, 6.07) is 7.52. The normalized spacial score (nSPS) is 10.3. The summed E-state index contributed by atoms with van der Waals surface area (Å²) < 4.78 is 0.834. The van der Waals surface area contributed by atoms with Crippen LogP contribution in [0.2, 0.25) is 0 Å². The van der Waals surface area contributed by atoms with Gasteiger partial charge in [0.1, 0.15) is 0 Å². The van der Waals surface area contributed by atoms with E-state index in [1.54, 1.807) is 25.1 Å². The number of nitro benzene ring substituents is 1. The highest BCUT2D eigenvalue weighted by Gasteiger charge is 2.11. The van der Waals surface area contributed by atoms with Crippen molar-refractivity contribution in [2.75, 3.05) is 10.6 Å². The summed E-state index contributed by atoms with van der Waals surface area (Å²) in [6.07, 6.45) is 1.70. The molecule has 0 aliphatic heterocycles. The van der Waals surface area contributed by atoms with Crippen molar-refractivity contribution in [3.63, 3.8) is 0 Å². The van der Waals surface area contributed by atoms with Crippen molar-refractivity contribution in [2.24, 2.45) is 0 Å². The van der Waals surface area contributed by atoms with E-state index in [1.165, 1.54) is 24.5 Å². The standard InChI is InChI=1S/C15H13N7O4/c1-9-5-12(20-21(9)15(23)24)18-14-8-16-7-13(19-14)17-10-3-2-4-11(6-10)22(25)26/h2-8H,1H3,(H,23,24)(H2,17,18,19,20). The largest absolute Gasteiger partial charge is 0.463 e. The average molecular weight is 355 g/mol. The van der Waals surface area contributed by atoms with E-state index in [2.05, 4.69) is 25.7 Å². The number of hydrogen-bond acceptors (Lipinski definition) is 8. The topological polar surface area (TPSA) is 148 Å². The molecule has 3 rings (SSSR count). The molecular weight excluding hydrogens is 342 g/mol. The van der Waals surface area contributed by atoms with Gasteiger partial charge in [-0.3, -0.25) is 15.1 Å². The van der Waals surface area contributed by atoms with Crippen molar-refractivity contribution in [3.05, 3.63) is 58.5 Å². The number of aromatic nitrogens is 4. The summed E-state index contributed by atoms with van der Waals surface area (Å²) in [5.74, 6) is 0.979. The van der Waals surface area contributed by atoms with Gasteiger partial charge in [-0.25, -0.2) is 9.78 Å². The number of nitrogens with one attached hydrogen (secondary N) is 2. The number of nitro groups is 1. The van der Waals surface area contributed by atoms with Gasteiger partial charge in [-0.15, -0.1) is 5.10 Å². The number of aryl methyl sites for hydroxylation is 1. The summed E-state index contributed by atoms with van der Waals surface area (Å²) in [4.78, 5) is 29.6. The van der Waals surface area contributed by atoms with E-state index in [0.717, 1.165) is 4.68 Å². The van der Waals surface area contributed by atoms with E-state index in [-0.39, 0.29) is 5.69 Å². The quantitative estimate of drug-likeness (QED) is 0.464. The first kappa shape index (κ1) is 16.8. The zero-order valence-electron chi connectivity index (χ0n) is 13.4. The fourth-order valence-corrected chi connectivity index (χ4v) is 2.19. The van der Waals surface area contributed by atoms with Crippen LogP contribution >= 0.6 is 0 Å². The minimum atomic E-state index is -1.19. The first-order chi connectivity index (χ1) is 12.4. The third-order valence-corrected chi connectivity index (χ3v) is 3.29. The molecule has 0 fully saturated rings. The summed E-state index contributed by atoms with van der Waals surface area (Å²) in [7, 11) is 0. The molecule has 1 aromatic carbocycles. The van der Waals surface area contributed by atoms with Crippen molar-refractivity contribution < 1.29 is 14.8 Å². The molecule has 11 heteroatoms. The number of benzene rings is 1. The van der Waals surface area contributed by atoms with Gasteiger partial charge >= 0.3 is 6.09 Å². The Kier molecular flexibility index (Phi) is 4.43. The predicted molar refractivity (Wildman–Crippen MR) is 92.1 cm³/mol. The van der Waals surface area contributed by atoms with Crippen LogP contribution in [0.1, 0.15) is 5.69 Å². The number of anilines is 4. The molecule has 0 unspecified atom stereocenters. The van der Waals surface area contributed by atoms with E-state index in [4.69, 9.17) is 5.11 Å². The third-order valence-electron chi connectivity index (χ3n) is 3.29. The molecule has 0 saturated carbocycles. The summed E-state index contributed by atoms with van der Waals surface area (Å²) >= 11 is 0. The van der Waals surface area contributed by atoms with Gasteiger partial charge in [-0.1, -0.05) is 6.07 Å². The maximum atomic E-state index is 11.0. The van der Waals surface area contributed by atoms with Crippen molar-refractivity contribution in [3.8, 4) is 0 Å². The van der Waals surface area contributed by atoms with E-state index in [0.29, 0.717) is 28.8 Å². The van der Waals surface area contributed by atoms with Crippen LogP contribution in [0.4, 0.5) is 33.6 Å². The monoisotopic (exact) mass is 355 g/mol. The summed E-state index contributed by atoms with van der Waals surface area (Å²) in [5, 5.41) is 29.5. The molecule has 0 spiro atoms. The molecule has 26 heavy (non-hydrogen) atoms. The molecule has 3 aromatic rings. The van der Waals surface area contributed by atoms with Gasteiger partial charge < -0.3 is 15.7 Å². The zero-order chi connectivity index (χ0) is 18.7. The van der Waals surface area contributed by atoms with Gasteiger partial charge in [-0.05, 0) is 13.0 Å². The first-order valence-corrected chi connectivity index (χ1v) is 7.33. The Labute approximate surface area is 146 Å². The summed E-state index contributed by atoms with van der Waals surface area (Å²) in [6.45, 7) is 1.61. The predicted octanol–water partition coefficient (Wildman–Crippen LogP) is 2.90. The highest BCUT2D eigenvalue weighted by atomic mass is 16.6. The number of rotatable bonds is 5. The molecule has 2 heterocycles. The fraction of sp³-hybridized carbons (Fsp3) is 0.0667. The smallest absolute Gasteiger partial charge is 0.432 e. The van der Waals surface area contributed by atoms with E-state index >= 15 is 0 Å². The SMILES string of the molecule is Cc1cc(Nc2cncc(Nc3cccc([N+](=O)[O-])c3)n2)nn1C(=O)O. The van der Waals surface area contributed by atoms with Crippen LogP contribution in [0.25, 0.3) is 0 Å². The minimum Gasteiger partial charge on any atom is -0.463 e. The highest BCUT2D eigenvalue weighted by molar-refractivity contribution is 5.69. The van der Waals surface area contributed by atoms with Crippen molar-refractivity contribution in [2.45, 2.75) is 6.92 Å². The highest BCUT2D eigenvalue weighted by Crippen LogP contribution is 2.21. The number of carboxylic acid groups (broad SMARTS) is 1. The maximum Gasteiger partial charge on any atom is 0.432 e. The molecule has 11 nitrogen and oxygen atoms in total. The maximum absolute atomic E-state index is 11.0. The molecule has 0 aliphatic rings. The third kappa shape index (κ3) is 3.72. The second-order valence-corrected chi connectivity index (χ2v) is 5.21. The lowest BCUT2D eigenvalue weighted by Crippen LogP contribution is -2.11. The van der Waals surface area contributed by atoms with Crippen LogP contribution in [-0.2, 0) is 0 Å². The van der Waals surface area contributed by atoms with Crippen LogP contribution in [-0.4, -0.2) is 35.9 Å².